The number of hydrogen-bond donors (Lipinski definition) is 3. The summed E-state index contributed by atoms with van der Waals surface area (Å²) in [5.74, 6) is -0.842. The van der Waals surface area contributed by atoms with Gasteiger partial charge in [0.25, 0.3) is 0 Å². The van der Waals surface area contributed by atoms with Gasteiger partial charge in [0, 0.05) is 26.3 Å². The number of carbonyl (C=O) groups is 2. The van der Waals surface area contributed by atoms with Crippen LogP contribution in [0.4, 0.5) is 4.79 Å². The Kier molecular flexibility index (Phi) is 6.01. The first-order valence-corrected chi connectivity index (χ1v) is 7.48. The predicted octanol–water partition coefficient (Wildman–Crippen LogP) is 1.99. The average Bonchev–Trinajstić information content (AvgIpc) is 2.77. The van der Waals surface area contributed by atoms with Gasteiger partial charge in [-0.25, -0.2) is 4.79 Å². The Morgan fingerprint density at radius 2 is 2.10 bits per heavy atom. The van der Waals surface area contributed by atoms with E-state index in [4.69, 9.17) is 4.74 Å². The summed E-state index contributed by atoms with van der Waals surface area (Å²) in [5.41, 5.74) is -0.915. The maximum Gasteiger partial charge on any atom is 0.315 e. The van der Waals surface area contributed by atoms with Gasteiger partial charge in [0.2, 0.25) is 0 Å². The molecule has 1 fully saturated rings. The van der Waals surface area contributed by atoms with Crippen LogP contribution >= 0.6 is 0 Å². The number of nitrogens with one attached hydrogen (secondary N) is 2. The summed E-state index contributed by atoms with van der Waals surface area (Å²) in [6.07, 6.45) is 2.99. The molecule has 0 aromatic rings. The van der Waals surface area contributed by atoms with Gasteiger partial charge >= 0.3 is 12.0 Å². The molecule has 1 rings (SSSR count). The molecule has 1 aliphatic rings. The minimum atomic E-state index is -0.858. The summed E-state index contributed by atoms with van der Waals surface area (Å²) in [6.45, 7) is 7.00. The maximum absolute atomic E-state index is 12.0. The summed E-state index contributed by atoms with van der Waals surface area (Å²) in [5, 5.41) is 15.0. The van der Waals surface area contributed by atoms with Crippen molar-refractivity contribution in [2.45, 2.75) is 52.5 Å². The Balaban J connectivity index is 2.45. The van der Waals surface area contributed by atoms with Crippen LogP contribution in [-0.4, -0.2) is 43.4 Å². The van der Waals surface area contributed by atoms with Crippen molar-refractivity contribution in [3.8, 4) is 0 Å². The lowest BCUT2D eigenvalue weighted by Gasteiger charge is -2.29. The highest BCUT2D eigenvalue weighted by molar-refractivity contribution is 5.79. The van der Waals surface area contributed by atoms with E-state index in [0.717, 1.165) is 12.8 Å². The first kappa shape index (κ1) is 17.8. The molecule has 2 unspecified atom stereocenters. The van der Waals surface area contributed by atoms with Crippen LogP contribution in [0.25, 0.3) is 0 Å². The van der Waals surface area contributed by atoms with Crippen molar-refractivity contribution < 1.29 is 19.4 Å². The van der Waals surface area contributed by atoms with Crippen molar-refractivity contribution in [3.05, 3.63) is 0 Å². The molecule has 0 aromatic heterocycles. The van der Waals surface area contributed by atoms with E-state index in [1.807, 2.05) is 0 Å². The molecule has 0 bridgehead atoms. The number of aliphatic carboxylic acids is 1. The van der Waals surface area contributed by atoms with E-state index in [9.17, 15) is 14.7 Å². The molecule has 2 amide bonds. The number of carboxylic acid groups (broad SMARTS) is 1. The Labute approximate surface area is 126 Å². The average molecular weight is 300 g/mol. The van der Waals surface area contributed by atoms with Crippen LogP contribution in [0.5, 0.6) is 0 Å². The Morgan fingerprint density at radius 3 is 2.67 bits per heavy atom. The van der Waals surface area contributed by atoms with Crippen molar-refractivity contribution in [1.82, 2.24) is 10.6 Å². The first-order chi connectivity index (χ1) is 9.71. The fraction of sp³-hybridized carbons (Fsp3) is 0.867. The summed E-state index contributed by atoms with van der Waals surface area (Å²) >= 11 is 0. The standard InChI is InChI=1S/C15H28N2O4/c1-14(2,8-9-21-4)10-16-13(20)17-11-6-5-7-15(11,3)12(18)19/h11H,5-10H2,1-4H3,(H,18,19)(H2,16,17,20). The zero-order valence-electron chi connectivity index (χ0n) is 13.5. The van der Waals surface area contributed by atoms with Gasteiger partial charge < -0.3 is 20.5 Å². The Bertz CT molecular complexity index is 384. The monoisotopic (exact) mass is 300 g/mol. The third-order valence-electron chi connectivity index (χ3n) is 4.46. The summed E-state index contributed by atoms with van der Waals surface area (Å²) in [4.78, 5) is 23.3. The van der Waals surface area contributed by atoms with Crippen LogP contribution in [0, 0.1) is 10.8 Å². The Hall–Kier alpha value is -1.30. The fourth-order valence-corrected chi connectivity index (χ4v) is 2.65. The van der Waals surface area contributed by atoms with E-state index in [1.54, 1.807) is 14.0 Å². The van der Waals surface area contributed by atoms with Crippen LogP contribution in [0.15, 0.2) is 0 Å². The molecule has 2 atom stereocenters. The largest absolute Gasteiger partial charge is 0.481 e. The normalized spacial score (nSPS) is 25.6. The van der Waals surface area contributed by atoms with Gasteiger partial charge in [-0.05, 0) is 31.6 Å². The second-order valence-electron chi connectivity index (χ2n) is 6.90. The fourth-order valence-electron chi connectivity index (χ4n) is 2.65. The van der Waals surface area contributed by atoms with Gasteiger partial charge in [0.05, 0.1) is 5.41 Å². The van der Waals surface area contributed by atoms with Gasteiger partial charge in [-0.3, -0.25) is 4.79 Å². The van der Waals surface area contributed by atoms with E-state index in [2.05, 4.69) is 24.5 Å². The third kappa shape index (κ3) is 4.88. The molecule has 0 saturated heterocycles. The molecule has 6 heteroatoms. The number of carboxylic acids is 1. The quantitative estimate of drug-likeness (QED) is 0.671. The van der Waals surface area contributed by atoms with Crippen LogP contribution < -0.4 is 10.6 Å². The van der Waals surface area contributed by atoms with Crippen LogP contribution in [0.3, 0.4) is 0 Å². The molecule has 0 radical (unpaired) electrons. The lowest BCUT2D eigenvalue weighted by Crippen LogP contribution is -2.51. The number of hydrogen-bond acceptors (Lipinski definition) is 3. The molecule has 0 heterocycles. The predicted molar refractivity (Wildman–Crippen MR) is 80.2 cm³/mol. The number of urea groups is 1. The molecule has 122 valence electrons. The van der Waals surface area contributed by atoms with E-state index in [-0.39, 0.29) is 17.5 Å². The molecule has 21 heavy (non-hydrogen) atoms. The lowest BCUT2D eigenvalue weighted by atomic mass is 9.85. The van der Waals surface area contributed by atoms with E-state index < -0.39 is 11.4 Å². The smallest absolute Gasteiger partial charge is 0.315 e. The molecule has 3 N–H and O–H groups in total. The van der Waals surface area contributed by atoms with E-state index in [1.165, 1.54) is 0 Å². The van der Waals surface area contributed by atoms with Gasteiger partial charge in [0.1, 0.15) is 0 Å². The molecule has 0 aromatic carbocycles. The first-order valence-electron chi connectivity index (χ1n) is 7.48. The Morgan fingerprint density at radius 1 is 1.43 bits per heavy atom. The number of carbonyl (C=O) groups excluding carboxylic acids is 1. The summed E-state index contributed by atoms with van der Waals surface area (Å²) in [6, 6.07) is -0.600. The highest BCUT2D eigenvalue weighted by Gasteiger charge is 2.45. The van der Waals surface area contributed by atoms with E-state index >= 15 is 0 Å². The van der Waals surface area contributed by atoms with Crippen LogP contribution in [0.1, 0.15) is 46.5 Å². The maximum atomic E-state index is 12.0. The molecule has 6 nitrogen and oxygen atoms in total. The minimum Gasteiger partial charge on any atom is -0.481 e. The second kappa shape index (κ2) is 7.11. The van der Waals surface area contributed by atoms with Crippen molar-refractivity contribution >= 4 is 12.0 Å². The second-order valence-corrected chi connectivity index (χ2v) is 6.90. The number of ether oxygens (including phenoxy) is 1. The van der Waals surface area contributed by atoms with Crippen molar-refractivity contribution in [3.63, 3.8) is 0 Å². The van der Waals surface area contributed by atoms with Gasteiger partial charge in [0.15, 0.2) is 0 Å². The highest BCUT2D eigenvalue weighted by atomic mass is 16.5. The van der Waals surface area contributed by atoms with E-state index in [0.29, 0.717) is 26.0 Å². The third-order valence-corrected chi connectivity index (χ3v) is 4.46. The van der Waals surface area contributed by atoms with Crippen LogP contribution in [-0.2, 0) is 9.53 Å². The van der Waals surface area contributed by atoms with Gasteiger partial charge in [-0.2, -0.15) is 0 Å². The lowest BCUT2D eigenvalue weighted by molar-refractivity contribution is -0.148. The van der Waals surface area contributed by atoms with Gasteiger partial charge in [-0.1, -0.05) is 20.3 Å². The molecule has 0 spiro atoms. The zero-order valence-corrected chi connectivity index (χ0v) is 13.5. The SMILES string of the molecule is COCCC(C)(C)CNC(=O)NC1CCCC1(C)C(=O)O. The number of amides is 2. The summed E-state index contributed by atoms with van der Waals surface area (Å²) < 4.78 is 5.05. The molecular formula is C15H28N2O4. The van der Waals surface area contributed by atoms with Crippen molar-refractivity contribution in [2.75, 3.05) is 20.3 Å². The molecule has 0 aliphatic heterocycles. The van der Waals surface area contributed by atoms with Crippen LogP contribution in [0.2, 0.25) is 0 Å². The van der Waals surface area contributed by atoms with Crippen molar-refractivity contribution in [2.24, 2.45) is 10.8 Å². The molecule has 1 saturated carbocycles. The van der Waals surface area contributed by atoms with Crippen molar-refractivity contribution in [1.29, 1.82) is 0 Å². The zero-order chi connectivity index (χ0) is 16.1. The number of rotatable bonds is 7. The number of methoxy groups -OCH3 is 1. The molecular weight excluding hydrogens is 272 g/mol. The highest BCUT2D eigenvalue weighted by Crippen LogP contribution is 2.38. The topological polar surface area (TPSA) is 87.7 Å². The van der Waals surface area contributed by atoms with Gasteiger partial charge in [-0.15, -0.1) is 0 Å². The molecule has 1 aliphatic carbocycles. The summed E-state index contributed by atoms with van der Waals surface area (Å²) in [7, 11) is 1.66. The minimum absolute atomic E-state index is 0.0564.